The fourth-order valence-electron chi connectivity index (χ4n) is 0.717. The summed E-state index contributed by atoms with van der Waals surface area (Å²) in [6.45, 7) is 3.50. The molecule has 1 N–H and O–H groups in total. The van der Waals surface area contributed by atoms with E-state index >= 15 is 0 Å². The Hall–Kier alpha value is -0.200. The van der Waals surface area contributed by atoms with Crippen molar-refractivity contribution in [3.8, 4) is 0 Å². The van der Waals surface area contributed by atoms with E-state index in [2.05, 4.69) is 10.2 Å². The second-order valence-electron chi connectivity index (χ2n) is 3.50. The van der Waals surface area contributed by atoms with Gasteiger partial charge in [-0.05, 0) is 20.1 Å². The molecule has 0 amide bonds. The van der Waals surface area contributed by atoms with Gasteiger partial charge < -0.3 is 9.52 Å². The van der Waals surface area contributed by atoms with Gasteiger partial charge in [-0.25, -0.2) is 0 Å². The van der Waals surface area contributed by atoms with Crippen LogP contribution in [0.4, 0.5) is 0 Å². The van der Waals surface area contributed by atoms with Gasteiger partial charge in [0.2, 0.25) is 5.89 Å². The van der Waals surface area contributed by atoms with Crippen LogP contribution in [0.2, 0.25) is 0 Å². The maximum absolute atomic E-state index is 9.47. The lowest BCUT2D eigenvalue weighted by atomic mass is 10.2. The third-order valence-corrected chi connectivity index (χ3v) is 3.06. The maximum atomic E-state index is 9.47. The molecule has 0 fully saturated rings. The van der Waals surface area contributed by atoms with Crippen LogP contribution in [0.15, 0.2) is 9.64 Å². The molecular weight excluding hydrogens is 220 g/mol. The molecule has 1 aromatic heterocycles. The molecule has 0 radical (unpaired) electrons. The van der Waals surface area contributed by atoms with E-state index < -0.39 is 5.60 Å². The lowest BCUT2D eigenvalue weighted by Gasteiger charge is -2.13. The van der Waals surface area contributed by atoms with Crippen LogP contribution in [-0.2, 0) is 5.75 Å². The van der Waals surface area contributed by atoms with Crippen molar-refractivity contribution in [1.82, 2.24) is 10.2 Å². The summed E-state index contributed by atoms with van der Waals surface area (Å²) >= 11 is 3.01. The van der Waals surface area contributed by atoms with Crippen molar-refractivity contribution in [1.29, 1.82) is 0 Å². The first-order chi connectivity index (χ1) is 6.51. The first-order valence-corrected chi connectivity index (χ1v) is 6.56. The molecule has 80 valence electrons. The van der Waals surface area contributed by atoms with Crippen LogP contribution in [-0.4, -0.2) is 32.9 Å². The van der Waals surface area contributed by atoms with Crippen LogP contribution in [0, 0.1) is 0 Å². The first kappa shape index (κ1) is 11.9. The topological polar surface area (TPSA) is 59.2 Å². The van der Waals surface area contributed by atoms with E-state index in [1.807, 2.05) is 6.26 Å². The van der Waals surface area contributed by atoms with E-state index in [1.165, 1.54) is 11.8 Å². The number of hydrogen-bond acceptors (Lipinski definition) is 6. The highest BCUT2D eigenvalue weighted by atomic mass is 32.2. The average molecular weight is 234 g/mol. The largest absolute Gasteiger partial charge is 0.415 e. The van der Waals surface area contributed by atoms with Gasteiger partial charge in [-0.1, -0.05) is 11.8 Å². The van der Waals surface area contributed by atoms with Crippen molar-refractivity contribution in [2.45, 2.75) is 30.4 Å². The molecule has 0 unspecified atom stereocenters. The van der Waals surface area contributed by atoms with E-state index in [9.17, 15) is 5.11 Å². The Kier molecular flexibility index (Phi) is 4.28. The van der Waals surface area contributed by atoms with E-state index in [0.717, 1.165) is 5.75 Å². The summed E-state index contributed by atoms with van der Waals surface area (Å²) in [4.78, 5) is 0. The van der Waals surface area contributed by atoms with Gasteiger partial charge in [0, 0.05) is 5.75 Å². The van der Waals surface area contributed by atoms with Crippen LogP contribution >= 0.6 is 23.5 Å². The summed E-state index contributed by atoms with van der Waals surface area (Å²) in [5.41, 5.74) is -0.710. The summed E-state index contributed by atoms with van der Waals surface area (Å²) in [6.07, 6.45) is 1.98. The van der Waals surface area contributed by atoms with Crippen molar-refractivity contribution in [3.63, 3.8) is 0 Å². The molecule has 0 atom stereocenters. The minimum absolute atomic E-state index is 0.524. The van der Waals surface area contributed by atoms with Gasteiger partial charge in [0.25, 0.3) is 5.22 Å². The molecule has 0 saturated heterocycles. The zero-order chi connectivity index (χ0) is 10.6. The predicted octanol–water partition coefficient (Wildman–Crippen LogP) is 1.80. The van der Waals surface area contributed by atoms with Gasteiger partial charge in [0.05, 0.1) is 11.4 Å². The molecule has 0 aliphatic carbocycles. The zero-order valence-corrected chi connectivity index (χ0v) is 10.1. The maximum Gasteiger partial charge on any atom is 0.276 e. The number of aliphatic hydroxyl groups is 1. The zero-order valence-electron chi connectivity index (χ0n) is 8.48. The SMILES string of the molecule is CSCc1nnc(SCC(C)(C)O)o1. The molecule has 0 bridgehead atoms. The monoisotopic (exact) mass is 234 g/mol. The third kappa shape index (κ3) is 4.34. The van der Waals surface area contributed by atoms with Crippen LogP contribution < -0.4 is 0 Å². The summed E-state index contributed by atoms with van der Waals surface area (Å²) in [5, 5.41) is 17.7. The number of thioether (sulfide) groups is 2. The molecule has 0 aromatic carbocycles. The van der Waals surface area contributed by atoms with E-state index in [-0.39, 0.29) is 0 Å². The standard InChI is InChI=1S/C8H14N2O2S2/c1-8(2,11)5-14-7-10-9-6(12-7)4-13-3/h11H,4-5H2,1-3H3. The fourth-order valence-corrected chi connectivity index (χ4v) is 1.81. The molecule has 0 aliphatic rings. The molecule has 0 spiro atoms. The van der Waals surface area contributed by atoms with Gasteiger partial charge in [0.15, 0.2) is 0 Å². The van der Waals surface area contributed by atoms with Gasteiger partial charge in [0.1, 0.15) is 0 Å². The highest BCUT2D eigenvalue weighted by molar-refractivity contribution is 7.99. The van der Waals surface area contributed by atoms with Gasteiger partial charge >= 0.3 is 0 Å². The highest BCUT2D eigenvalue weighted by Gasteiger charge is 2.15. The Morgan fingerprint density at radius 2 is 2.14 bits per heavy atom. The Bertz CT molecular complexity index is 283. The summed E-state index contributed by atoms with van der Waals surface area (Å²) < 4.78 is 5.33. The molecule has 1 heterocycles. The highest BCUT2D eigenvalue weighted by Crippen LogP contribution is 2.21. The second kappa shape index (κ2) is 5.04. The van der Waals surface area contributed by atoms with Crippen molar-refractivity contribution < 1.29 is 9.52 Å². The van der Waals surface area contributed by atoms with E-state index in [4.69, 9.17) is 4.42 Å². The van der Waals surface area contributed by atoms with Gasteiger partial charge in [-0.2, -0.15) is 11.8 Å². The Labute approximate surface area is 91.9 Å². The Morgan fingerprint density at radius 3 is 2.71 bits per heavy atom. The lowest BCUT2D eigenvalue weighted by Crippen LogP contribution is -2.21. The van der Waals surface area contributed by atoms with Crippen molar-refractivity contribution in [2.75, 3.05) is 12.0 Å². The third-order valence-electron chi connectivity index (χ3n) is 1.26. The van der Waals surface area contributed by atoms with Crippen LogP contribution in [0.1, 0.15) is 19.7 Å². The van der Waals surface area contributed by atoms with Crippen molar-refractivity contribution in [2.24, 2.45) is 0 Å². The van der Waals surface area contributed by atoms with Crippen LogP contribution in [0.5, 0.6) is 0 Å². The minimum Gasteiger partial charge on any atom is -0.415 e. The number of rotatable bonds is 5. The summed E-state index contributed by atoms with van der Waals surface area (Å²) in [6, 6.07) is 0. The molecule has 14 heavy (non-hydrogen) atoms. The molecule has 0 aliphatic heterocycles. The average Bonchev–Trinajstić information content (AvgIpc) is 2.49. The number of aromatic nitrogens is 2. The summed E-state index contributed by atoms with van der Waals surface area (Å²) in [7, 11) is 0. The minimum atomic E-state index is -0.710. The molecular formula is C8H14N2O2S2. The van der Waals surface area contributed by atoms with Crippen molar-refractivity contribution in [3.05, 3.63) is 5.89 Å². The normalized spacial score (nSPS) is 12.0. The van der Waals surface area contributed by atoms with Crippen LogP contribution in [0.3, 0.4) is 0 Å². The number of hydrogen-bond donors (Lipinski definition) is 1. The molecule has 4 nitrogen and oxygen atoms in total. The van der Waals surface area contributed by atoms with Gasteiger partial charge in [-0.15, -0.1) is 10.2 Å². The molecule has 1 rings (SSSR count). The van der Waals surface area contributed by atoms with Gasteiger partial charge in [-0.3, -0.25) is 0 Å². The Balaban J connectivity index is 2.44. The van der Waals surface area contributed by atoms with E-state index in [0.29, 0.717) is 16.9 Å². The molecule has 6 heteroatoms. The quantitative estimate of drug-likeness (QED) is 0.784. The van der Waals surface area contributed by atoms with Crippen LogP contribution in [0.25, 0.3) is 0 Å². The van der Waals surface area contributed by atoms with Crippen molar-refractivity contribution >= 4 is 23.5 Å². The lowest BCUT2D eigenvalue weighted by molar-refractivity contribution is 0.106. The molecule has 0 saturated carbocycles. The smallest absolute Gasteiger partial charge is 0.276 e. The number of nitrogens with zero attached hydrogens (tertiary/aromatic N) is 2. The Morgan fingerprint density at radius 1 is 1.43 bits per heavy atom. The fraction of sp³-hybridized carbons (Fsp3) is 0.750. The second-order valence-corrected chi connectivity index (χ2v) is 5.29. The first-order valence-electron chi connectivity index (χ1n) is 4.18. The molecule has 1 aromatic rings. The summed E-state index contributed by atoms with van der Waals surface area (Å²) in [5.74, 6) is 1.92. The predicted molar refractivity (Wildman–Crippen MR) is 58.5 cm³/mol. The van der Waals surface area contributed by atoms with E-state index in [1.54, 1.807) is 25.6 Å².